The molecule has 0 aromatic heterocycles. The summed E-state index contributed by atoms with van der Waals surface area (Å²) in [7, 11) is 0. The minimum atomic E-state index is -0.500. The van der Waals surface area contributed by atoms with Crippen LogP contribution in [-0.2, 0) is 6.42 Å². The van der Waals surface area contributed by atoms with E-state index in [-0.39, 0.29) is 0 Å². The standard InChI is InChI=1S/C11H18N2.C4H10O/c1-3-13-7-6-10-8-11(12)5-4-9(10)2;1-4(2,3)5/h4-5,8,13H,3,6-7,12H2,1-2H3;5H,1-3H3. The lowest BCUT2D eigenvalue weighted by molar-refractivity contribution is 0.102. The zero-order valence-electron chi connectivity index (χ0n) is 12.4. The second-order valence-electron chi connectivity index (χ2n) is 5.46. The lowest BCUT2D eigenvalue weighted by Crippen LogP contribution is -2.16. The van der Waals surface area contributed by atoms with E-state index < -0.39 is 5.60 Å². The molecule has 0 unspecified atom stereocenters. The predicted octanol–water partition coefficient (Wildman–Crippen LogP) is 2.51. The van der Waals surface area contributed by atoms with Gasteiger partial charge in [-0.3, -0.25) is 0 Å². The molecule has 4 N–H and O–H groups in total. The smallest absolute Gasteiger partial charge is 0.0563 e. The first-order valence-electron chi connectivity index (χ1n) is 6.52. The van der Waals surface area contributed by atoms with Crippen molar-refractivity contribution in [1.29, 1.82) is 0 Å². The summed E-state index contributed by atoms with van der Waals surface area (Å²) < 4.78 is 0. The maximum Gasteiger partial charge on any atom is 0.0563 e. The summed E-state index contributed by atoms with van der Waals surface area (Å²) >= 11 is 0. The van der Waals surface area contributed by atoms with E-state index in [1.807, 2.05) is 6.07 Å². The van der Waals surface area contributed by atoms with E-state index in [1.54, 1.807) is 20.8 Å². The Labute approximate surface area is 111 Å². The van der Waals surface area contributed by atoms with Crippen LogP contribution in [0.4, 0.5) is 5.69 Å². The van der Waals surface area contributed by atoms with E-state index in [4.69, 9.17) is 10.8 Å². The van der Waals surface area contributed by atoms with Crippen LogP contribution in [0.15, 0.2) is 18.2 Å². The van der Waals surface area contributed by atoms with E-state index in [9.17, 15) is 0 Å². The molecule has 0 atom stereocenters. The van der Waals surface area contributed by atoms with Crippen molar-refractivity contribution >= 4 is 5.69 Å². The van der Waals surface area contributed by atoms with Crippen molar-refractivity contribution in [2.75, 3.05) is 18.8 Å². The molecule has 0 amide bonds. The largest absolute Gasteiger partial charge is 0.399 e. The lowest BCUT2D eigenvalue weighted by atomic mass is 10.1. The fraction of sp³-hybridized carbons (Fsp3) is 0.600. The van der Waals surface area contributed by atoms with Crippen molar-refractivity contribution in [2.45, 2.75) is 46.6 Å². The molecule has 0 aliphatic rings. The van der Waals surface area contributed by atoms with Gasteiger partial charge in [-0.1, -0.05) is 13.0 Å². The van der Waals surface area contributed by atoms with Gasteiger partial charge in [0.25, 0.3) is 0 Å². The molecule has 0 spiro atoms. The molecule has 0 radical (unpaired) electrons. The molecular formula is C15H28N2O. The average molecular weight is 252 g/mol. The van der Waals surface area contributed by atoms with Gasteiger partial charge in [-0.25, -0.2) is 0 Å². The molecule has 0 saturated carbocycles. The molecule has 0 aliphatic heterocycles. The highest BCUT2D eigenvalue weighted by Crippen LogP contribution is 2.12. The molecule has 3 nitrogen and oxygen atoms in total. The Morgan fingerprint density at radius 1 is 1.28 bits per heavy atom. The molecule has 18 heavy (non-hydrogen) atoms. The number of likely N-dealkylation sites (N-methyl/N-ethyl adjacent to an activating group) is 1. The first kappa shape index (κ1) is 16.9. The summed E-state index contributed by atoms with van der Waals surface area (Å²) in [5, 5.41) is 11.8. The molecule has 0 heterocycles. The van der Waals surface area contributed by atoms with E-state index in [0.717, 1.165) is 25.2 Å². The van der Waals surface area contributed by atoms with Crippen LogP contribution >= 0.6 is 0 Å². The third kappa shape index (κ3) is 10.1. The zero-order chi connectivity index (χ0) is 14.2. The summed E-state index contributed by atoms with van der Waals surface area (Å²) in [5.41, 5.74) is 8.74. The van der Waals surface area contributed by atoms with Crippen LogP contribution in [0.5, 0.6) is 0 Å². The topological polar surface area (TPSA) is 58.3 Å². The van der Waals surface area contributed by atoms with Crippen LogP contribution in [0.25, 0.3) is 0 Å². The Morgan fingerprint density at radius 3 is 2.33 bits per heavy atom. The maximum absolute atomic E-state index is 8.52. The first-order chi connectivity index (χ1) is 8.24. The molecule has 0 fully saturated rings. The minimum Gasteiger partial charge on any atom is -0.399 e. The molecule has 0 saturated heterocycles. The van der Waals surface area contributed by atoms with Crippen molar-refractivity contribution in [3.63, 3.8) is 0 Å². The highest BCUT2D eigenvalue weighted by Gasteiger charge is 1.98. The molecule has 1 rings (SSSR count). The average Bonchev–Trinajstić information content (AvgIpc) is 2.21. The number of nitrogen functional groups attached to an aromatic ring is 1. The first-order valence-corrected chi connectivity index (χ1v) is 6.52. The molecular weight excluding hydrogens is 224 g/mol. The van der Waals surface area contributed by atoms with Gasteiger partial charge in [-0.15, -0.1) is 0 Å². The fourth-order valence-corrected chi connectivity index (χ4v) is 1.36. The highest BCUT2D eigenvalue weighted by atomic mass is 16.3. The molecule has 3 heteroatoms. The van der Waals surface area contributed by atoms with Gasteiger partial charge >= 0.3 is 0 Å². The zero-order valence-corrected chi connectivity index (χ0v) is 12.4. The molecule has 1 aromatic rings. The number of hydrogen-bond donors (Lipinski definition) is 3. The summed E-state index contributed by atoms with van der Waals surface area (Å²) in [4.78, 5) is 0. The van der Waals surface area contributed by atoms with Gasteiger partial charge < -0.3 is 16.2 Å². The number of nitrogens with two attached hydrogens (primary N) is 1. The van der Waals surface area contributed by atoms with Gasteiger partial charge in [-0.2, -0.15) is 0 Å². The van der Waals surface area contributed by atoms with Gasteiger partial charge in [0.1, 0.15) is 0 Å². The predicted molar refractivity (Wildman–Crippen MR) is 79.8 cm³/mol. The second kappa shape index (κ2) is 8.11. The van der Waals surface area contributed by atoms with Crippen LogP contribution in [0.2, 0.25) is 0 Å². The monoisotopic (exact) mass is 252 g/mol. The maximum atomic E-state index is 8.52. The molecule has 0 aliphatic carbocycles. The Bertz CT molecular complexity index is 337. The Hall–Kier alpha value is -1.06. The number of rotatable bonds is 4. The van der Waals surface area contributed by atoms with E-state index in [1.165, 1.54) is 11.1 Å². The van der Waals surface area contributed by atoms with Crippen molar-refractivity contribution in [3.8, 4) is 0 Å². The molecule has 104 valence electrons. The Kier molecular flexibility index (Phi) is 7.64. The van der Waals surface area contributed by atoms with Crippen LogP contribution in [0, 0.1) is 6.92 Å². The number of benzene rings is 1. The van der Waals surface area contributed by atoms with Gasteiger partial charge in [-0.05, 0) is 70.5 Å². The molecule has 1 aromatic carbocycles. The fourth-order valence-electron chi connectivity index (χ4n) is 1.36. The van der Waals surface area contributed by atoms with Gasteiger partial charge in [0, 0.05) is 5.69 Å². The van der Waals surface area contributed by atoms with E-state index in [0.29, 0.717) is 0 Å². The number of aryl methyl sites for hydroxylation is 1. The number of nitrogens with one attached hydrogen (secondary N) is 1. The van der Waals surface area contributed by atoms with Gasteiger partial charge in [0.2, 0.25) is 0 Å². The van der Waals surface area contributed by atoms with Crippen LogP contribution in [-0.4, -0.2) is 23.8 Å². The molecule has 0 bridgehead atoms. The van der Waals surface area contributed by atoms with Gasteiger partial charge in [0.05, 0.1) is 5.60 Å². The number of anilines is 1. The normalized spacial score (nSPS) is 10.8. The Balaban J connectivity index is 0.000000494. The van der Waals surface area contributed by atoms with Crippen LogP contribution in [0.3, 0.4) is 0 Å². The summed E-state index contributed by atoms with van der Waals surface area (Å²) in [6.45, 7) is 11.5. The third-order valence-electron chi connectivity index (χ3n) is 2.19. The van der Waals surface area contributed by atoms with Crippen LogP contribution in [0.1, 0.15) is 38.8 Å². The van der Waals surface area contributed by atoms with E-state index >= 15 is 0 Å². The minimum absolute atomic E-state index is 0.500. The van der Waals surface area contributed by atoms with Crippen LogP contribution < -0.4 is 11.1 Å². The number of hydrogen-bond acceptors (Lipinski definition) is 3. The quantitative estimate of drug-likeness (QED) is 0.570. The van der Waals surface area contributed by atoms with Crippen molar-refractivity contribution < 1.29 is 5.11 Å². The number of aliphatic hydroxyl groups is 1. The van der Waals surface area contributed by atoms with Crippen molar-refractivity contribution in [2.24, 2.45) is 0 Å². The SMILES string of the molecule is CC(C)(C)O.CCNCCc1cc(N)ccc1C. The summed E-state index contributed by atoms with van der Waals surface area (Å²) in [5.74, 6) is 0. The Morgan fingerprint density at radius 2 is 1.83 bits per heavy atom. The lowest BCUT2D eigenvalue weighted by Gasteiger charge is -2.06. The van der Waals surface area contributed by atoms with Crippen molar-refractivity contribution in [3.05, 3.63) is 29.3 Å². The summed E-state index contributed by atoms with van der Waals surface area (Å²) in [6.07, 6.45) is 1.06. The summed E-state index contributed by atoms with van der Waals surface area (Å²) in [6, 6.07) is 6.09. The third-order valence-corrected chi connectivity index (χ3v) is 2.19. The van der Waals surface area contributed by atoms with Gasteiger partial charge in [0.15, 0.2) is 0 Å². The van der Waals surface area contributed by atoms with E-state index in [2.05, 4.69) is 31.3 Å². The van der Waals surface area contributed by atoms with Crippen molar-refractivity contribution in [1.82, 2.24) is 5.32 Å². The second-order valence-corrected chi connectivity index (χ2v) is 5.46. The highest BCUT2D eigenvalue weighted by molar-refractivity contribution is 5.44.